The van der Waals surface area contributed by atoms with Crippen LogP contribution in [0.5, 0.6) is 5.75 Å². The maximum atomic E-state index is 12.5. The zero-order chi connectivity index (χ0) is 27.2. The summed E-state index contributed by atoms with van der Waals surface area (Å²) >= 11 is 0. The van der Waals surface area contributed by atoms with Gasteiger partial charge in [0, 0.05) is 31.4 Å². The van der Waals surface area contributed by atoms with Crippen LogP contribution in [0.25, 0.3) is 0 Å². The second-order valence-corrected chi connectivity index (χ2v) is 11.9. The molecule has 2 aromatic carbocycles. The van der Waals surface area contributed by atoms with Crippen molar-refractivity contribution in [3.63, 3.8) is 0 Å². The molecule has 2 aromatic rings. The third-order valence-electron chi connectivity index (χ3n) is 7.03. The van der Waals surface area contributed by atoms with E-state index in [-0.39, 0.29) is 18.4 Å². The maximum absolute atomic E-state index is 12.5. The van der Waals surface area contributed by atoms with Gasteiger partial charge in [-0.25, -0.2) is 13.1 Å². The summed E-state index contributed by atoms with van der Waals surface area (Å²) in [6.07, 6.45) is 9.25. The molecule has 1 atom stereocenters. The van der Waals surface area contributed by atoms with Gasteiger partial charge in [0.1, 0.15) is 5.75 Å². The van der Waals surface area contributed by atoms with Gasteiger partial charge in [-0.05, 0) is 86.9 Å². The van der Waals surface area contributed by atoms with Gasteiger partial charge in [0.2, 0.25) is 10.0 Å². The highest BCUT2D eigenvalue weighted by atomic mass is 32.2. The molecular formula is C29H44N2O6S. The fraction of sp³-hybridized carbons (Fsp3) is 0.586. The predicted octanol–water partition coefficient (Wildman–Crippen LogP) is 3.94. The molecule has 1 fully saturated rings. The number of hydrogen-bond acceptors (Lipinski definition) is 7. The number of aromatic hydroxyl groups is 1. The molecule has 1 aliphatic carbocycles. The molecule has 0 unspecified atom stereocenters. The monoisotopic (exact) mass is 548 g/mol. The highest BCUT2D eigenvalue weighted by molar-refractivity contribution is 7.89. The summed E-state index contributed by atoms with van der Waals surface area (Å²) in [5.74, 6) is 0.0352. The average molecular weight is 549 g/mol. The minimum atomic E-state index is -3.42. The number of nitrogens with one attached hydrogen (secondary N) is 2. The molecule has 3 rings (SSSR count). The predicted molar refractivity (Wildman–Crippen MR) is 148 cm³/mol. The minimum absolute atomic E-state index is 0.0352. The lowest BCUT2D eigenvalue weighted by Crippen LogP contribution is -2.39. The molecule has 0 heterocycles. The number of unbranched alkanes of at least 4 members (excludes halogenated alkanes) is 4. The van der Waals surface area contributed by atoms with E-state index in [0.717, 1.165) is 89.5 Å². The fourth-order valence-corrected chi connectivity index (χ4v) is 5.80. The molecule has 212 valence electrons. The first-order chi connectivity index (χ1) is 18.4. The van der Waals surface area contributed by atoms with Crippen LogP contribution in [0.3, 0.4) is 0 Å². The highest BCUT2D eigenvalue weighted by Crippen LogP contribution is 2.23. The first kappa shape index (κ1) is 30.5. The molecule has 8 nitrogen and oxygen atoms in total. The van der Waals surface area contributed by atoms with E-state index in [2.05, 4.69) is 10.0 Å². The van der Waals surface area contributed by atoms with Crippen molar-refractivity contribution >= 4 is 10.0 Å². The number of aliphatic hydroxyl groups is 2. The number of ether oxygens (including phenoxy) is 1. The Bertz CT molecular complexity index is 1070. The molecule has 38 heavy (non-hydrogen) atoms. The molecule has 0 radical (unpaired) electrons. The van der Waals surface area contributed by atoms with E-state index in [9.17, 15) is 23.7 Å². The zero-order valence-corrected chi connectivity index (χ0v) is 23.1. The largest absolute Gasteiger partial charge is 0.508 e. The summed E-state index contributed by atoms with van der Waals surface area (Å²) in [6, 6.07) is 12.1. The van der Waals surface area contributed by atoms with Crippen LogP contribution in [0.2, 0.25) is 0 Å². The van der Waals surface area contributed by atoms with Gasteiger partial charge in [-0.3, -0.25) is 0 Å². The smallest absolute Gasteiger partial charge is 0.240 e. The van der Waals surface area contributed by atoms with Crippen molar-refractivity contribution in [1.82, 2.24) is 10.0 Å². The summed E-state index contributed by atoms with van der Waals surface area (Å²) in [7, 11) is -3.42. The zero-order valence-electron chi connectivity index (χ0n) is 22.3. The standard InChI is InChI=1S/C29H44N2O6S/c32-22-25-20-24(14-15-28(25)33)29(34)21-30-16-4-1-2-5-17-37-18-6-3-9-23-10-7-13-27(19-23)38(35,36)31-26-11-8-12-26/h7,10,13-15,19-20,26,29-34H,1-6,8-9,11-12,16-18,21-22H2/t29-/m1/s1. The van der Waals surface area contributed by atoms with Crippen LogP contribution < -0.4 is 10.0 Å². The summed E-state index contributed by atoms with van der Waals surface area (Å²) < 4.78 is 33.6. The maximum Gasteiger partial charge on any atom is 0.240 e. The average Bonchev–Trinajstić information content (AvgIpc) is 2.89. The Balaban J connectivity index is 1.16. The first-order valence-corrected chi connectivity index (χ1v) is 15.4. The summed E-state index contributed by atoms with van der Waals surface area (Å²) in [6.45, 7) is 2.46. The third-order valence-corrected chi connectivity index (χ3v) is 8.55. The molecule has 0 aromatic heterocycles. The normalized spacial score (nSPS) is 14.9. The topological polar surface area (TPSA) is 128 Å². The molecule has 0 saturated heterocycles. The van der Waals surface area contributed by atoms with Crippen LogP contribution in [0, 0.1) is 0 Å². The summed E-state index contributed by atoms with van der Waals surface area (Å²) in [5.41, 5.74) is 2.13. The Morgan fingerprint density at radius 1 is 0.974 bits per heavy atom. The molecule has 0 amide bonds. The van der Waals surface area contributed by atoms with Gasteiger partial charge in [-0.1, -0.05) is 37.5 Å². The Kier molecular flexibility index (Phi) is 13.0. The Morgan fingerprint density at radius 3 is 2.47 bits per heavy atom. The lowest BCUT2D eigenvalue weighted by molar-refractivity contribution is 0.126. The van der Waals surface area contributed by atoms with Crippen LogP contribution in [0.4, 0.5) is 0 Å². The molecule has 0 aliphatic heterocycles. The highest BCUT2D eigenvalue weighted by Gasteiger charge is 2.24. The molecule has 0 bridgehead atoms. The van der Waals surface area contributed by atoms with E-state index in [1.165, 1.54) is 6.07 Å². The molecule has 5 N–H and O–H groups in total. The van der Waals surface area contributed by atoms with Crippen molar-refractivity contribution in [2.24, 2.45) is 0 Å². The van der Waals surface area contributed by atoms with E-state index < -0.39 is 16.1 Å². The molecular weight excluding hydrogens is 504 g/mol. The summed E-state index contributed by atoms with van der Waals surface area (Å²) in [4.78, 5) is 0.360. The lowest BCUT2D eigenvalue weighted by atomic mass is 9.94. The van der Waals surface area contributed by atoms with Crippen molar-refractivity contribution < 1.29 is 28.5 Å². The van der Waals surface area contributed by atoms with Gasteiger partial charge < -0.3 is 25.4 Å². The van der Waals surface area contributed by atoms with Gasteiger partial charge in [0.25, 0.3) is 0 Å². The van der Waals surface area contributed by atoms with Gasteiger partial charge in [0.05, 0.1) is 17.6 Å². The van der Waals surface area contributed by atoms with Crippen LogP contribution in [-0.2, 0) is 27.8 Å². The van der Waals surface area contributed by atoms with Gasteiger partial charge >= 0.3 is 0 Å². The van der Waals surface area contributed by atoms with Crippen molar-refractivity contribution in [1.29, 1.82) is 0 Å². The SMILES string of the molecule is O=S(=O)(NC1CCC1)c1cccc(CCCCOCCCCCCNC[C@@H](O)c2ccc(O)c(CO)c2)c1. The third kappa shape index (κ3) is 10.3. The fourth-order valence-electron chi connectivity index (χ4n) is 4.42. The summed E-state index contributed by atoms with van der Waals surface area (Å²) in [5, 5.41) is 32.4. The van der Waals surface area contributed by atoms with Gasteiger partial charge in [-0.15, -0.1) is 0 Å². The Morgan fingerprint density at radius 2 is 1.74 bits per heavy atom. The number of aliphatic hydroxyl groups excluding tert-OH is 2. The van der Waals surface area contributed by atoms with Crippen molar-refractivity contribution in [3.05, 3.63) is 59.2 Å². The second-order valence-electron chi connectivity index (χ2n) is 10.1. The van der Waals surface area contributed by atoms with Crippen LogP contribution in [0.1, 0.15) is 80.6 Å². The van der Waals surface area contributed by atoms with Crippen LogP contribution >= 0.6 is 0 Å². The van der Waals surface area contributed by atoms with Gasteiger partial charge in [0.15, 0.2) is 0 Å². The lowest BCUT2D eigenvalue weighted by Gasteiger charge is -2.26. The number of aryl methyl sites for hydroxylation is 1. The van der Waals surface area contributed by atoms with Crippen molar-refractivity contribution in [2.75, 3.05) is 26.3 Å². The number of sulfonamides is 1. The van der Waals surface area contributed by atoms with E-state index >= 15 is 0 Å². The quantitative estimate of drug-likeness (QED) is 0.168. The van der Waals surface area contributed by atoms with Crippen molar-refractivity contribution in [3.8, 4) is 5.75 Å². The number of benzene rings is 2. The van der Waals surface area contributed by atoms with Crippen LogP contribution in [-0.4, -0.2) is 56.1 Å². The number of phenols is 1. The molecule has 9 heteroatoms. The first-order valence-electron chi connectivity index (χ1n) is 13.9. The molecule has 0 spiro atoms. The minimum Gasteiger partial charge on any atom is -0.508 e. The van der Waals surface area contributed by atoms with E-state index in [4.69, 9.17) is 4.74 Å². The second kappa shape index (κ2) is 16.2. The number of rotatable bonds is 19. The van der Waals surface area contributed by atoms with E-state index in [0.29, 0.717) is 22.6 Å². The van der Waals surface area contributed by atoms with Crippen LogP contribution in [0.15, 0.2) is 47.4 Å². The van der Waals surface area contributed by atoms with E-state index in [1.807, 2.05) is 12.1 Å². The van der Waals surface area contributed by atoms with Crippen molar-refractivity contribution in [2.45, 2.75) is 87.9 Å². The van der Waals surface area contributed by atoms with E-state index in [1.54, 1.807) is 24.3 Å². The number of hydrogen-bond donors (Lipinski definition) is 5. The Labute approximate surface area is 227 Å². The molecule has 1 aliphatic rings. The Hall–Kier alpha value is -2.01. The molecule has 1 saturated carbocycles. The van der Waals surface area contributed by atoms with Gasteiger partial charge in [-0.2, -0.15) is 0 Å².